The average Bonchev–Trinajstić information content (AvgIpc) is 3.52. The van der Waals surface area contributed by atoms with Gasteiger partial charge in [0.15, 0.2) is 5.76 Å². The van der Waals surface area contributed by atoms with E-state index in [2.05, 4.69) is 25.3 Å². The van der Waals surface area contributed by atoms with Crippen LogP contribution < -0.4 is 4.74 Å². The predicted octanol–water partition coefficient (Wildman–Crippen LogP) is 5.03. The van der Waals surface area contributed by atoms with E-state index in [4.69, 9.17) is 9.15 Å². The third kappa shape index (κ3) is 5.66. The second-order valence-electron chi connectivity index (χ2n) is 8.66. The van der Waals surface area contributed by atoms with Crippen molar-refractivity contribution in [1.29, 1.82) is 0 Å². The highest BCUT2D eigenvalue weighted by molar-refractivity contribution is 7.10. The molecule has 0 unspecified atom stereocenters. The number of carbonyl (C=O) groups is 2. The molecule has 2 aromatic heterocycles. The summed E-state index contributed by atoms with van der Waals surface area (Å²) in [5.41, 5.74) is 1.14. The first-order valence-corrected chi connectivity index (χ1v) is 12.3. The number of rotatable bonds is 9. The zero-order valence-electron chi connectivity index (χ0n) is 19.1. The molecule has 3 aromatic rings. The van der Waals surface area contributed by atoms with E-state index < -0.39 is 0 Å². The first-order valence-electron chi connectivity index (χ1n) is 11.4. The maximum atomic E-state index is 13.5. The van der Waals surface area contributed by atoms with Gasteiger partial charge in [-0.25, -0.2) is 0 Å². The van der Waals surface area contributed by atoms with Gasteiger partial charge in [-0.15, -0.1) is 11.3 Å². The Labute approximate surface area is 198 Å². The lowest BCUT2D eigenvalue weighted by Crippen LogP contribution is -2.48. The molecule has 0 saturated heterocycles. The first kappa shape index (κ1) is 23.1. The SMILES string of the molecule is CC(C)CCN(CC(=O)N1CCc2sccc2[C@@H]1COc1ccccc1)C(=O)c1ccco1. The summed E-state index contributed by atoms with van der Waals surface area (Å²) in [6.45, 7) is 5.73. The third-order valence-electron chi connectivity index (χ3n) is 5.89. The molecular weight excluding hydrogens is 436 g/mol. The molecule has 174 valence electrons. The number of hydrogen-bond acceptors (Lipinski definition) is 5. The summed E-state index contributed by atoms with van der Waals surface area (Å²) >= 11 is 1.72. The van der Waals surface area contributed by atoms with E-state index in [1.54, 1.807) is 28.4 Å². The van der Waals surface area contributed by atoms with E-state index in [1.807, 2.05) is 35.2 Å². The summed E-state index contributed by atoms with van der Waals surface area (Å²) in [5.74, 6) is 1.13. The molecule has 0 spiro atoms. The number of amides is 2. The molecule has 2 amide bonds. The smallest absolute Gasteiger partial charge is 0.290 e. The number of ether oxygens (including phenoxy) is 1. The fraction of sp³-hybridized carbons (Fsp3) is 0.385. The largest absolute Gasteiger partial charge is 0.491 e. The highest BCUT2D eigenvalue weighted by atomic mass is 32.1. The van der Waals surface area contributed by atoms with Crippen molar-refractivity contribution in [2.45, 2.75) is 32.7 Å². The molecule has 0 N–H and O–H groups in total. The van der Waals surface area contributed by atoms with Gasteiger partial charge >= 0.3 is 0 Å². The Balaban J connectivity index is 1.51. The molecule has 1 aliphatic heterocycles. The van der Waals surface area contributed by atoms with Crippen molar-refractivity contribution >= 4 is 23.2 Å². The van der Waals surface area contributed by atoms with E-state index in [0.717, 1.165) is 24.2 Å². The van der Waals surface area contributed by atoms with Gasteiger partial charge < -0.3 is 19.0 Å². The molecule has 6 nitrogen and oxygen atoms in total. The molecule has 33 heavy (non-hydrogen) atoms. The molecule has 0 bridgehead atoms. The summed E-state index contributed by atoms with van der Waals surface area (Å²) in [5, 5.41) is 2.07. The van der Waals surface area contributed by atoms with Crippen molar-refractivity contribution in [2.75, 3.05) is 26.2 Å². The summed E-state index contributed by atoms with van der Waals surface area (Å²) in [4.78, 5) is 31.3. The molecule has 3 heterocycles. The van der Waals surface area contributed by atoms with Crippen LogP contribution in [-0.4, -0.2) is 47.9 Å². The van der Waals surface area contributed by atoms with Crippen LogP contribution in [0.3, 0.4) is 0 Å². The number of hydrogen-bond donors (Lipinski definition) is 0. The Bertz CT molecular complexity index is 1050. The third-order valence-corrected chi connectivity index (χ3v) is 6.88. The van der Waals surface area contributed by atoms with Gasteiger partial charge in [0.2, 0.25) is 5.91 Å². The van der Waals surface area contributed by atoms with Gasteiger partial charge in [0, 0.05) is 18.0 Å². The lowest BCUT2D eigenvalue weighted by Gasteiger charge is -2.37. The van der Waals surface area contributed by atoms with Gasteiger partial charge in [0.05, 0.1) is 12.3 Å². The van der Waals surface area contributed by atoms with Gasteiger partial charge in [0.1, 0.15) is 18.9 Å². The summed E-state index contributed by atoms with van der Waals surface area (Å²) < 4.78 is 11.4. The van der Waals surface area contributed by atoms with Gasteiger partial charge in [-0.2, -0.15) is 0 Å². The molecule has 0 radical (unpaired) electrons. The zero-order chi connectivity index (χ0) is 23.2. The number of fused-ring (bicyclic) bond motifs is 1. The lowest BCUT2D eigenvalue weighted by atomic mass is 10.0. The molecule has 1 aliphatic rings. The zero-order valence-corrected chi connectivity index (χ0v) is 19.9. The molecular formula is C26H30N2O4S. The highest BCUT2D eigenvalue weighted by Gasteiger charge is 2.34. The van der Waals surface area contributed by atoms with Crippen LogP contribution in [0.1, 0.15) is 47.3 Å². The van der Waals surface area contributed by atoms with Crippen LogP contribution in [0, 0.1) is 5.92 Å². The van der Waals surface area contributed by atoms with E-state index in [9.17, 15) is 9.59 Å². The van der Waals surface area contributed by atoms with E-state index in [-0.39, 0.29) is 30.2 Å². The number of thiophene rings is 1. The highest BCUT2D eigenvalue weighted by Crippen LogP contribution is 2.34. The summed E-state index contributed by atoms with van der Waals surface area (Å²) in [6, 6.07) is 14.9. The van der Waals surface area contributed by atoms with E-state index >= 15 is 0 Å². The second kappa shape index (κ2) is 10.7. The quantitative estimate of drug-likeness (QED) is 0.444. The van der Waals surface area contributed by atoms with Gasteiger partial charge in [-0.3, -0.25) is 9.59 Å². The van der Waals surface area contributed by atoms with Gasteiger partial charge in [0.25, 0.3) is 5.91 Å². The molecule has 4 rings (SSSR count). The number of nitrogens with zero attached hydrogens (tertiary/aromatic N) is 2. The Morgan fingerprint density at radius 3 is 2.73 bits per heavy atom. The molecule has 0 saturated carbocycles. The number of benzene rings is 1. The number of furan rings is 1. The minimum Gasteiger partial charge on any atom is -0.491 e. The van der Waals surface area contributed by atoms with Crippen LogP contribution in [-0.2, 0) is 11.2 Å². The van der Waals surface area contributed by atoms with Crippen molar-refractivity contribution in [3.63, 3.8) is 0 Å². The maximum absolute atomic E-state index is 13.5. The van der Waals surface area contributed by atoms with Crippen LogP contribution in [0.15, 0.2) is 64.6 Å². The van der Waals surface area contributed by atoms with Crippen molar-refractivity contribution < 1.29 is 18.7 Å². The monoisotopic (exact) mass is 466 g/mol. The average molecular weight is 467 g/mol. The molecule has 1 atom stereocenters. The van der Waals surface area contributed by atoms with Crippen molar-refractivity contribution in [3.8, 4) is 5.75 Å². The van der Waals surface area contributed by atoms with E-state index in [0.29, 0.717) is 25.6 Å². The first-order chi connectivity index (χ1) is 16.0. The normalized spacial score (nSPS) is 15.4. The van der Waals surface area contributed by atoms with Crippen LogP contribution in [0.25, 0.3) is 0 Å². The summed E-state index contributed by atoms with van der Waals surface area (Å²) in [6.07, 6.45) is 3.11. The topological polar surface area (TPSA) is 63.0 Å². The Morgan fingerprint density at radius 2 is 2.00 bits per heavy atom. The fourth-order valence-electron chi connectivity index (χ4n) is 4.04. The molecule has 0 aliphatic carbocycles. The minimum absolute atomic E-state index is 0.0214. The minimum atomic E-state index is -0.251. The Hall–Kier alpha value is -3.06. The molecule has 0 fully saturated rings. The van der Waals surface area contributed by atoms with Crippen molar-refractivity contribution in [1.82, 2.24) is 9.80 Å². The number of carbonyl (C=O) groups excluding carboxylic acids is 2. The summed E-state index contributed by atoms with van der Waals surface area (Å²) in [7, 11) is 0. The Morgan fingerprint density at radius 1 is 1.18 bits per heavy atom. The van der Waals surface area contributed by atoms with Crippen molar-refractivity contribution in [3.05, 3.63) is 76.4 Å². The van der Waals surface area contributed by atoms with Crippen LogP contribution in [0.4, 0.5) is 0 Å². The second-order valence-corrected chi connectivity index (χ2v) is 9.66. The van der Waals surface area contributed by atoms with Gasteiger partial charge in [-0.05, 0) is 60.0 Å². The predicted molar refractivity (Wildman–Crippen MR) is 128 cm³/mol. The van der Waals surface area contributed by atoms with Crippen LogP contribution in [0.5, 0.6) is 5.75 Å². The van der Waals surface area contributed by atoms with E-state index in [1.165, 1.54) is 11.1 Å². The fourth-order valence-corrected chi connectivity index (χ4v) is 4.97. The van der Waals surface area contributed by atoms with Crippen LogP contribution in [0.2, 0.25) is 0 Å². The molecule has 7 heteroatoms. The van der Waals surface area contributed by atoms with Crippen LogP contribution >= 0.6 is 11.3 Å². The molecule has 1 aromatic carbocycles. The van der Waals surface area contributed by atoms with Crippen molar-refractivity contribution in [2.24, 2.45) is 5.92 Å². The van der Waals surface area contributed by atoms with Gasteiger partial charge in [-0.1, -0.05) is 32.0 Å². The number of para-hydroxylation sites is 1. The maximum Gasteiger partial charge on any atom is 0.290 e. The lowest BCUT2D eigenvalue weighted by molar-refractivity contribution is -0.135. The Kier molecular flexibility index (Phi) is 7.50. The standard InChI is InChI=1S/C26H30N2O4S/c1-19(2)10-13-27(26(30)23-9-6-15-31-23)17-25(29)28-14-11-24-21(12-16-33-24)22(28)18-32-20-7-4-3-5-8-20/h3-9,12,15-16,19,22H,10-11,13-14,17-18H2,1-2H3/t22-/m0/s1.